The van der Waals surface area contributed by atoms with Crippen molar-refractivity contribution >= 4 is 35.5 Å². The van der Waals surface area contributed by atoms with Crippen molar-refractivity contribution in [3.05, 3.63) is 11.1 Å². The summed E-state index contributed by atoms with van der Waals surface area (Å²) >= 11 is 3.49. The van der Waals surface area contributed by atoms with Crippen LogP contribution in [0.4, 0.5) is 0 Å². The van der Waals surface area contributed by atoms with Gasteiger partial charge in [0.1, 0.15) is 4.34 Å². The Morgan fingerprint density at radius 1 is 1.57 bits per heavy atom. The Hall–Kier alpha value is 0.190. The minimum Gasteiger partial charge on any atom is -0.326 e. The van der Waals surface area contributed by atoms with Crippen molar-refractivity contribution in [2.75, 3.05) is 26.4 Å². The first-order valence-corrected chi connectivity index (χ1v) is 5.95. The highest BCUT2D eigenvalue weighted by Crippen LogP contribution is 2.23. The van der Waals surface area contributed by atoms with Gasteiger partial charge in [-0.05, 0) is 14.1 Å². The SMILES string of the molecule is CN(C)CCSc1ncc(CN)s1.Cl. The Labute approximate surface area is 99.5 Å². The molecule has 0 spiro atoms. The van der Waals surface area contributed by atoms with Gasteiger partial charge in [0.25, 0.3) is 0 Å². The number of thiazole rings is 1. The quantitative estimate of drug-likeness (QED) is 0.811. The second-order valence-electron chi connectivity index (χ2n) is 2.95. The fourth-order valence-electron chi connectivity index (χ4n) is 0.766. The van der Waals surface area contributed by atoms with Gasteiger partial charge in [-0.1, -0.05) is 11.8 Å². The molecular weight excluding hydrogens is 238 g/mol. The molecule has 0 radical (unpaired) electrons. The van der Waals surface area contributed by atoms with Crippen molar-refractivity contribution in [2.45, 2.75) is 10.9 Å². The van der Waals surface area contributed by atoms with Gasteiger partial charge in [0, 0.05) is 29.9 Å². The van der Waals surface area contributed by atoms with Gasteiger partial charge < -0.3 is 10.6 Å². The Balaban J connectivity index is 0.00000169. The van der Waals surface area contributed by atoms with Crippen LogP contribution in [0.15, 0.2) is 10.5 Å². The van der Waals surface area contributed by atoms with Crippen LogP contribution in [0.2, 0.25) is 0 Å². The number of halogens is 1. The number of nitrogens with two attached hydrogens (primary N) is 1. The molecule has 2 N–H and O–H groups in total. The molecule has 82 valence electrons. The van der Waals surface area contributed by atoms with E-state index in [1.165, 1.54) is 0 Å². The average molecular weight is 254 g/mol. The zero-order valence-corrected chi connectivity index (χ0v) is 10.8. The minimum atomic E-state index is 0. The van der Waals surface area contributed by atoms with E-state index in [9.17, 15) is 0 Å². The average Bonchev–Trinajstić information content (AvgIpc) is 2.52. The van der Waals surface area contributed by atoms with Crippen LogP contribution in [0.3, 0.4) is 0 Å². The lowest BCUT2D eigenvalue weighted by atomic mass is 10.6. The highest BCUT2D eigenvalue weighted by molar-refractivity contribution is 8.01. The Morgan fingerprint density at radius 3 is 2.79 bits per heavy atom. The molecule has 0 aliphatic rings. The van der Waals surface area contributed by atoms with Gasteiger partial charge in [-0.2, -0.15) is 0 Å². The minimum absolute atomic E-state index is 0. The summed E-state index contributed by atoms with van der Waals surface area (Å²) in [6.45, 7) is 1.69. The molecule has 0 atom stereocenters. The molecule has 0 bridgehead atoms. The third-order valence-corrected chi connectivity index (χ3v) is 3.65. The van der Waals surface area contributed by atoms with Gasteiger partial charge >= 0.3 is 0 Å². The number of aromatic nitrogens is 1. The van der Waals surface area contributed by atoms with E-state index in [0.29, 0.717) is 6.54 Å². The zero-order chi connectivity index (χ0) is 9.68. The second kappa shape index (κ2) is 7.48. The molecule has 0 aliphatic heterocycles. The first kappa shape index (κ1) is 14.2. The van der Waals surface area contributed by atoms with Crippen molar-refractivity contribution < 1.29 is 0 Å². The third-order valence-electron chi connectivity index (χ3n) is 1.50. The molecule has 0 fully saturated rings. The van der Waals surface area contributed by atoms with Crippen LogP contribution in [0.25, 0.3) is 0 Å². The van der Waals surface area contributed by atoms with Gasteiger partial charge in [0.2, 0.25) is 0 Å². The summed E-state index contributed by atoms with van der Waals surface area (Å²) in [5.74, 6) is 1.09. The van der Waals surface area contributed by atoms with E-state index in [-0.39, 0.29) is 12.4 Å². The summed E-state index contributed by atoms with van der Waals surface area (Å²) in [7, 11) is 4.15. The topological polar surface area (TPSA) is 42.2 Å². The molecule has 0 aliphatic carbocycles. The van der Waals surface area contributed by atoms with E-state index < -0.39 is 0 Å². The molecule has 1 heterocycles. The van der Waals surface area contributed by atoms with E-state index in [4.69, 9.17) is 5.73 Å². The van der Waals surface area contributed by atoms with E-state index in [2.05, 4.69) is 24.0 Å². The molecule has 0 unspecified atom stereocenters. The maximum atomic E-state index is 5.49. The number of thioether (sulfide) groups is 1. The number of rotatable bonds is 5. The van der Waals surface area contributed by atoms with Crippen molar-refractivity contribution in [3.8, 4) is 0 Å². The summed E-state index contributed by atoms with van der Waals surface area (Å²) in [4.78, 5) is 7.60. The number of nitrogens with zero attached hydrogens (tertiary/aromatic N) is 2. The van der Waals surface area contributed by atoms with Gasteiger partial charge in [0.05, 0.1) is 0 Å². The molecule has 0 saturated carbocycles. The highest BCUT2D eigenvalue weighted by Gasteiger charge is 2.00. The fourth-order valence-corrected chi connectivity index (χ4v) is 2.85. The standard InChI is InChI=1S/C8H15N3S2.ClH/c1-11(2)3-4-12-8-10-6-7(5-9)13-8;/h6H,3-5,9H2,1-2H3;1H. The summed E-state index contributed by atoms with van der Waals surface area (Å²) in [6.07, 6.45) is 1.86. The van der Waals surface area contributed by atoms with Crippen LogP contribution in [-0.4, -0.2) is 36.3 Å². The van der Waals surface area contributed by atoms with E-state index in [0.717, 1.165) is 21.5 Å². The van der Waals surface area contributed by atoms with Gasteiger partial charge in [-0.15, -0.1) is 23.7 Å². The zero-order valence-electron chi connectivity index (χ0n) is 8.40. The van der Waals surface area contributed by atoms with Crippen LogP contribution < -0.4 is 5.73 Å². The van der Waals surface area contributed by atoms with Crippen molar-refractivity contribution in [3.63, 3.8) is 0 Å². The lowest BCUT2D eigenvalue weighted by Gasteiger charge is -2.06. The summed E-state index contributed by atoms with van der Waals surface area (Å²) < 4.78 is 1.13. The molecule has 3 nitrogen and oxygen atoms in total. The summed E-state index contributed by atoms with van der Waals surface area (Å²) in [6, 6.07) is 0. The lowest BCUT2D eigenvalue weighted by molar-refractivity contribution is 0.437. The first-order valence-electron chi connectivity index (χ1n) is 4.14. The Kier molecular flexibility index (Phi) is 7.58. The molecule has 1 aromatic rings. The van der Waals surface area contributed by atoms with Gasteiger partial charge in [-0.3, -0.25) is 0 Å². The summed E-state index contributed by atoms with van der Waals surface area (Å²) in [5.41, 5.74) is 5.49. The normalized spacial score (nSPS) is 10.3. The molecule has 1 rings (SSSR count). The van der Waals surface area contributed by atoms with Gasteiger partial charge in [-0.25, -0.2) is 4.98 Å². The molecule has 1 aromatic heterocycles. The molecule has 0 amide bonds. The first-order chi connectivity index (χ1) is 6.22. The van der Waals surface area contributed by atoms with Crippen molar-refractivity contribution in [1.29, 1.82) is 0 Å². The second-order valence-corrected chi connectivity index (χ2v) is 5.41. The molecule has 14 heavy (non-hydrogen) atoms. The molecule has 0 saturated heterocycles. The Bertz CT molecular complexity index is 252. The summed E-state index contributed by atoms with van der Waals surface area (Å²) in [5, 5.41) is 0. The van der Waals surface area contributed by atoms with Crippen molar-refractivity contribution in [2.24, 2.45) is 5.73 Å². The van der Waals surface area contributed by atoms with Gasteiger partial charge in [0.15, 0.2) is 0 Å². The predicted molar refractivity (Wildman–Crippen MR) is 66.5 cm³/mol. The van der Waals surface area contributed by atoms with E-state index in [1.807, 2.05) is 6.20 Å². The van der Waals surface area contributed by atoms with Crippen LogP contribution in [-0.2, 0) is 6.54 Å². The maximum Gasteiger partial charge on any atom is 0.150 e. The largest absolute Gasteiger partial charge is 0.326 e. The predicted octanol–water partition coefficient (Wildman–Crippen LogP) is 1.68. The molecule has 6 heteroatoms. The van der Waals surface area contributed by atoms with Crippen LogP contribution in [0, 0.1) is 0 Å². The van der Waals surface area contributed by atoms with Crippen LogP contribution in [0.5, 0.6) is 0 Å². The van der Waals surface area contributed by atoms with E-state index >= 15 is 0 Å². The lowest BCUT2D eigenvalue weighted by Crippen LogP contribution is -2.14. The van der Waals surface area contributed by atoms with Crippen LogP contribution >= 0.6 is 35.5 Å². The molecular formula is C8H16ClN3S2. The van der Waals surface area contributed by atoms with Crippen molar-refractivity contribution in [1.82, 2.24) is 9.88 Å². The Morgan fingerprint density at radius 2 is 2.29 bits per heavy atom. The smallest absolute Gasteiger partial charge is 0.150 e. The number of hydrogen-bond donors (Lipinski definition) is 1. The molecule has 0 aromatic carbocycles. The van der Waals surface area contributed by atoms with Crippen LogP contribution in [0.1, 0.15) is 4.88 Å². The third kappa shape index (κ3) is 5.17. The monoisotopic (exact) mass is 253 g/mol. The van der Waals surface area contributed by atoms with E-state index in [1.54, 1.807) is 23.1 Å². The maximum absolute atomic E-state index is 5.49. The highest BCUT2D eigenvalue weighted by atomic mass is 35.5. The fraction of sp³-hybridized carbons (Fsp3) is 0.625. The number of hydrogen-bond acceptors (Lipinski definition) is 5.